The molecule has 0 spiro atoms. The Labute approximate surface area is 154 Å². The highest BCUT2D eigenvalue weighted by Gasteiger charge is 2.26. The Balaban J connectivity index is 1.76. The molecule has 1 amide bonds. The molecule has 1 aliphatic rings. The van der Waals surface area contributed by atoms with E-state index in [2.05, 4.69) is 0 Å². The van der Waals surface area contributed by atoms with Gasteiger partial charge in [-0.1, -0.05) is 30.3 Å². The molecule has 26 heavy (non-hydrogen) atoms. The molecule has 0 saturated carbocycles. The Bertz CT molecular complexity index is 804. The van der Waals surface area contributed by atoms with Crippen LogP contribution in [-0.2, 0) is 11.3 Å². The van der Waals surface area contributed by atoms with Crippen molar-refractivity contribution in [1.82, 2.24) is 4.90 Å². The van der Waals surface area contributed by atoms with E-state index >= 15 is 0 Å². The molecule has 3 rings (SSSR count). The average molecular weight is 352 g/mol. The Morgan fingerprint density at radius 3 is 2.62 bits per heavy atom. The molecule has 0 radical (unpaired) electrons. The van der Waals surface area contributed by atoms with Crippen molar-refractivity contribution < 1.29 is 14.3 Å². The summed E-state index contributed by atoms with van der Waals surface area (Å²) in [4.78, 5) is 28.2. The Morgan fingerprint density at radius 2 is 1.92 bits per heavy atom. The largest absolute Gasteiger partial charge is 0.487 e. The molecule has 1 atom stereocenters. The Kier molecular flexibility index (Phi) is 5.26. The zero-order valence-corrected chi connectivity index (χ0v) is 15.4. The predicted molar refractivity (Wildman–Crippen MR) is 102 cm³/mol. The molecule has 136 valence electrons. The number of ketones is 1. The third-order valence-corrected chi connectivity index (χ3v) is 4.53. The van der Waals surface area contributed by atoms with Crippen LogP contribution in [-0.4, -0.2) is 42.8 Å². The summed E-state index contributed by atoms with van der Waals surface area (Å²) in [6.45, 7) is 4.95. The molecular weight excluding hydrogens is 328 g/mol. The van der Waals surface area contributed by atoms with E-state index in [0.29, 0.717) is 24.4 Å². The van der Waals surface area contributed by atoms with Crippen molar-refractivity contribution in [2.75, 3.05) is 25.0 Å². The van der Waals surface area contributed by atoms with Gasteiger partial charge in [-0.15, -0.1) is 0 Å². The second-order valence-corrected chi connectivity index (χ2v) is 6.78. The summed E-state index contributed by atoms with van der Waals surface area (Å²) < 4.78 is 5.86. The van der Waals surface area contributed by atoms with Gasteiger partial charge in [-0.25, -0.2) is 0 Å². The summed E-state index contributed by atoms with van der Waals surface area (Å²) in [5.74, 6) is 0.744. The number of nitrogens with zero attached hydrogens (tertiary/aromatic N) is 2. The third-order valence-electron chi connectivity index (χ3n) is 4.53. The maximum absolute atomic E-state index is 12.7. The summed E-state index contributed by atoms with van der Waals surface area (Å²) in [7, 11) is 1.81. The number of ether oxygens (including phenoxy) is 1. The van der Waals surface area contributed by atoms with Gasteiger partial charge in [0.05, 0.1) is 18.8 Å². The van der Waals surface area contributed by atoms with Crippen molar-refractivity contribution in [2.45, 2.75) is 26.5 Å². The molecule has 1 unspecified atom stereocenters. The zero-order valence-electron chi connectivity index (χ0n) is 15.4. The summed E-state index contributed by atoms with van der Waals surface area (Å²) in [6, 6.07) is 15.3. The molecule has 0 aliphatic carbocycles. The first-order valence-corrected chi connectivity index (χ1v) is 8.78. The van der Waals surface area contributed by atoms with Gasteiger partial charge in [-0.3, -0.25) is 9.59 Å². The number of hydrogen-bond acceptors (Lipinski definition) is 4. The van der Waals surface area contributed by atoms with Crippen LogP contribution < -0.4 is 9.64 Å². The molecule has 2 aromatic carbocycles. The Hall–Kier alpha value is -2.82. The number of rotatable bonds is 5. The monoisotopic (exact) mass is 352 g/mol. The molecule has 0 fully saturated rings. The van der Waals surface area contributed by atoms with Gasteiger partial charge in [-0.05, 0) is 37.6 Å². The van der Waals surface area contributed by atoms with Crippen LogP contribution in [0, 0.1) is 0 Å². The number of benzene rings is 2. The smallest absolute Gasteiger partial charge is 0.242 e. The number of likely N-dealkylation sites (N-methyl/N-ethyl adjacent to an activating group) is 1. The van der Waals surface area contributed by atoms with Gasteiger partial charge < -0.3 is 14.5 Å². The number of carbonyl (C=O) groups excluding carboxylic acids is 2. The zero-order chi connectivity index (χ0) is 18.7. The van der Waals surface area contributed by atoms with Crippen LogP contribution in [0.3, 0.4) is 0 Å². The van der Waals surface area contributed by atoms with Crippen LogP contribution in [0.15, 0.2) is 48.5 Å². The fraction of sp³-hybridized carbons (Fsp3) is 0.333. The van der Waals surface area contributed by atoms with E-state index in [1.807, 2.05) is 61.3 Å². The highest BCUT2D eigenvalue weighted by Crippen LogP contribution is 2.34. The van der Waals surface area contributed by atoms with Crippen LogP contribution >= 0.6 is 0 Å². The molecule has 2 aromatic rings. The molecule has 0 N–H and O–H groups in total. The van der Waals surface area contributed by atoms with E-state index in [1.54, 1.807) is 11.0 Å². The maximum atomic E-state index is 12.7. The lowest BCUT2D eigenvalue weighted by Crippen LogP contribution is -2.44. The third kappa shape index (κ3) is 4.04. The van der Waals surface area contributed by atoms with E-state index < -0.39 is 0 Å². The van der Waals surface area contributed by atoms with Gasteiger partial charge in [0.15, 0.2) is 5.78 Å². The Morgan fingerprint density at radius 1 is 1.19 bits per heavy atom. The van der Waals surface area contributed by atoms with Gasteiger partial charge in [0.2, 0.25) is 5.91 Å². The summed E-state index contributed by atoms with van der Waals surface area (Å²) in [5.41, 5.74) is 2.52. The summed E-state index contributed by atoms with van der Waals surface area (Å²) >= 11 is 0. The molecule has 1 aliphatic heterocycles. The molecule has 0 bridgehead atoms. The van der Waals surface area contributed by atoms with Crippen molar-refractivity contribution in [3.63, 3.8) is 0 Å². The van der Waals surface area contributed by atoms with Crippen LogP contribution in [0.25, 0.3) is 0 Å². The topological polar surface area (TPSA) is 49.9 Å². The molecule has 0 saturated heterocycles. The second-order valence-electron chi connectivity index (χ2n) is 6.78. The minimum absolute atomic E-state index is 0.00102. The van der Waals surface area contributed by atoms with Crippen LogP contribution in [0.5, 0.6) is 5.75 Å². The van der Waals surface area contributed by atoms with Crippen molar-refractivity contribution in [2.24, 2.45) is 0 Å². The van der Waals surface area contributed by atoms with E-state index in [9.17, 15) is 9.59 Å². The predicted octanol–water partition coefficient (Wildman–Crippen LogP) is 3.14. The second kappa shape index (κ2) is 7.60. The van der Waals surface area contributed by atoms with Gasteiger partial charge in [0, 0.05) is 19.2 Å². The van der Waals surface area contributed by atoms with Gasteiger partial charge in [0.25, 0.3) is 0 Å². The van der Waals surface area contributed by atoms with Crippen LogP contribution in [0.1, 0.15) is 29.8 Å². The molecule has 0 aromatic heterocycles. The van der Waals surface area contributed by atoms with E-state index in [1.165, 1.54) is 6.92 Å². The maximum Gasteiger partial charge on any atom is 0.242 e. The lowest BCUT2D eigenvalue weighted by Gasteiger charge is -2.35. The molecular formula is C21H24N2O3. The first-order chi connectivity index (χ1) is 12.4. The van der Waals surface area contributed by atoms with Crippen LogP contribution in [0.4, 0.5) is 5.69 Å². The minimum atomic E-state index is -0.0158. The number of hydrogen-bond donors (Lipinski definition) is 0. The number of fused-ring (bicyclic) bond motifs is 1. The quantitative estimate of drug-likeness (QED) is 0.776. The lowest BCUT2D eigenvalue weighted by molar-refractivity contribution is -0.129. The number of anilines is 1. The highest BCUT2D eigenvalue weighted by molar-refractivity contribution is 5.96. The highest BCUT2D eigenvalue weighted by atomic mass is 16.5. The van der Waals surface area contributed by atoms with E-state index in [-0.39, 0.29) is 24.3 Å². The van der Waals surface area contributed by atoms with Crippen LogP contribution in [0.2, 0.25) is 0 Å². The lowest BCUT2D eigenvalue weighted by atomic mass is 10.1. The fourth-order valence-electron chi connectivity index (χ4n) is 3.13. The molecule has 5 heteroatoms. The first kappa shape index (κ1) is 18.0. The normalized spacial score (nSPS) is 15.8. The first-order valence-electron chi connectivity index (χ1n) is 8.78. The van der Waals surface area contributed by atoms with Gasteiger partial charge in [-0.2, -0.15) is 0 Å². The number of Topliss-reactive ketones (excluding diaryl/α,β-unsaturated/α-hetero) is 1. The van der Waals surface area contributed by atoms with E-state index in [0.717, 1.165) is 11.3 Å². The van der Waals surface area contributed by atoms with Crippen molar-refractivity contribution in [3.05, 3.63) is 59.7 Å². The molecule has 5 nitrogen and oxygen atoms in total. The standard InChI is InChI=1S/C21H24N2O3/c1-15-12-23(19-11-18(16(2)24)9-10-20(19)26-15)14-21(25)22(3)13-17-7-5-4-6-8-17/h4-11,15H,12-14H2,1-3H3. The fourth-order valence-corrected chi connectivity index (χ4v) is 3.13. The SMILES string of the molecule is CC(=O)c1ccc2c(c1)N(CC(=O)N(C)Cc1ccccc1)CC(C)O2. The van der Waals surface area contributed by atoms with Gasteiger partial charge >= 0.3 is 0 Å². The number of amides is 1. The number of carbonyl (C=O) groups is 2. The van der Waals surface area contributed by atoms with Crippen molar-refractivity contribution in [1.29, 1.82) is 0 Å². The summed E-state index contributed by atoms with van der Waals surface area (Å²) in [6.07, 6.45) is -0.0158. The average Bonchev–Trinajstić information content (AvgIpc) is 2.62. The van der Waals surface area contributed by atoms with Crippen molar-refractivity contribution >= 4 is 17.4 Å². The van der Waals surface area contributed by atoms with E-state index in [4.69, 9.17) is 4.74 Å². The molecule has 1 heterocycles. The van der Waals surface area contributed by atoms with Crippen molar-refractivity contribution in [3.8, 4) is 5.75 Å². The minimum Gasteiger partial charge on any atom is -0.487 e. The van der Waals surface area contributed by atoms with Gasteiger partial charge in [0.1, 0.15) is 11.9 Å². The summed E-state index contributed by atoms with van der Waals surface area (Å²) in [5, 5.41) is 0.